The molecule has 4 atom stereocenters. The van der Waals surface area contributed by atoms with Gasteiger partial charge in [0.2, 0.25) is 0 Å². The number of carbonyl (C=O) groups is 4. The first-order valence-corrected chi connectivity index (χ1v) is 16.1. The Morgan fingerprint density at radius 1 is 0.634 bits per heavy atom. The van der Waals surface area contributed by atoms with Gasteiger partial charge in [0, 0.05) is 29.6 Å². The van der Waals surface area contributed by atoms with E-state index < -0.39 is 67.5 Å². The van der Waals surface area contributed by atoms with Crippen LogP contribution in [0.3, 0.4) is 0 Å². The minimum atomic E-state index is -4.79. The van der Waals surface area contributed by atoms with E-state index in [1.165, 1.54) is 0 Å². The van der Waals surface area contributed by atoms with Crippen molar-refractivity contribution in [1.82, 2.24) is 0 Å². The van der Waals surface area contributed by atoms with Gasteiger partial charge in [-0.15, -0.1) is 0 Å². The third-order valence-corrected chi connectivity index (χ3v) is 8.13. The number of carboxylic acid groups (broad SMARTS) is 2. The fourth-order valence-corrected chi connectivity index (χ4v) is 4.65. The van der Waals surface area contributed by atoms with Crippen molar-refractivity contribution in [1.29, 1.82) is 0 Å². The van der Waals surface area contributed by atoms with Crippen LogP contribution in [0, 0.1) is 11.8 Å². The predicted octanol–water partition coefficient (Wildman–Crippen LogP) is 2.57. The maximum atomic E-state index is 11.6. The van der Waals surface area contributed by atoms with Crippen LogP contribution < -0.4 is 0 Å². The van der Waals surface area contributed by atoms with Gasteiger partial charge < -0.3 is 19.7 Å². The SMILES string of the molecule is CCCCC(CC)COC(=O)C(CC(=O)O)S(=O)(=O)O.CCCCC(CC)COC(=O)C(CC(=O)O)S(=O)(=O)O.[Na]. The van der Waals surface area contributed by atoms with Gasteiger partial charge in [-0.25, -0.2) is 0 Å². The van der Waals surface area contributed by atoms with E-state index in [0.29, 0.717) is 0 Å². The minimum absolute atomic E-state index is 0. The van der Waals surface area contributed by atoms with Crippen molar-refractivity contribution in [3.8, 4) is 0 Å². The Kier molecular flexibility index (Phi) is 25.0. The molecule has 0 saturated carbocycles. The summed E-state index contributed by atoms with van der Waals surface area (Å²) in [6, 6.07) is 0. The second-order valence-electron chi connectivity index (χ2n) is 9.30. The van der Waals surface area contributed by atoms with Gasteiger partial charge in [-0.3, -0.25) is 28.3 Å². The van der Waals surface area contributed by atoms with Crippen LogP contribution in [-0.4, -0.2) is 113 Å². The number of hydrogen-bond donors (Lipinski definition) is 4. The van der Waals surface area contributed by atoms with Gasteiger partial charge in [-0.1, -0.05) is 66.2 Å². The second-order valence-corrected chi connectivity index (χ2v) is 12.5. The summed E-state index contributed by atoms with van der Waals surface area (Å²) in [5.41, 5.74) is 0. The number of unbranched alkanes of at least 4 members (excludes halogenated alkanes) is 2. The summed E-state index contributed by atoms with van der Waals surface area (Å²) in [7, 11) is -9.57. The molecule has 0 rings (SSSR count). The van der Waals surface area contributed by atoms with Crippen LogP contribution in [0.2, 0.25) is 0 Å². The molecule has 0 aromatic carbocycles. The Hall–Kier alpha value is -1.30. The number of hydrogen-bond acceptors (Lipinski definition) is 10. The van der Waals surface area contributed by atoms with E-state index in [1.54, 1.807) is 0 Å². The van der Waals surface area contributed by atoms with Crippen LogP contribution >= 0.6 is 0 Å². The van der Waals surface area contributed by atoms with E-state index in [4.69, 9.17) is 28.8 Å². The predicted molar refractivity (Wildman–Crippen MR) is 149 cm³/mol. The first kappa shape index (κ1) is 44.1. The molecule has 0 aliphatic carbocycles. The molecular weight excluding hydrogens is 599 g/mol. The summed E-state index contributed by atoms with van der Waals surface area (Å²) in [6.45, 7) is 7.96. The van der Waals surface area contributed by atoms with Crippen LogP contribution in [0.5, 0.6) is 0 Å². The maximum Gasteiger partial charge on any atom is 0.327 e. The summed E-state index contributed by atoms with van der Waals surface area (Å²) in [5, 5.41) is 13.0. The van der Waals surface area contributed by atoms with E-state index in [2.05, 4.69) is 0 Å². The monoisotopic (exact) mass is 643 g/mol. The van der Waals surface area contributed by atoms with Crippen LogP contribution in [0.4, 0.5) is 0 Å². The summed E-state index contributed by atoms with van der Waals surface area (Å²) >= 11 is 0. The Morgan fingerprint density at radius 2 is 0.927 bits per heavy atom. The van der Waals surface area contributed by atoms with Crippen molar-refractivity contribution in [2.45, 2.75) is 102 Å². The Morgan fingerprint density at radius 3 is 1.12 bits per heavy atom. The van der Waals surface area contributed by atoms with Gasteiger partial charge in [0.25, 0.3) is 20.2 Å². The molecule has 0 aliphatic rings. The molecule has 0 fully saturated rings. The normalized spacial score (nSPS) is 14.2. The molecule has 0 bridgehead atoms. The number of rotatable bonds is 20. The molecule has 1 radical (unpaired) electrons. The summed E-state index contributed by atoms with van der Waals surface area (Å²) in [5.74, 6) is -5.23. The zero-order valence-electron chi connectivity index (χ0n) is 24.5. The third-order valence-electron chi connectivity index (χ3n) is 5.97. The zero-order chi connectivity index (χ0) is 31.5. The van der Waals surface area contributed by atoms with Gasteiger partial charge in [0.15, 0.2) is 10.5 Å². The maximum absolute atomic E-state index is 11.6. The molecule has 41 heavy (non-hydrogen) atoms. The summed E-state index contributed by atoms with van der Waals surface area (Å²) in [4.78, 5) is 44.2. The fraction of sp³-hybridized carbons (Fsp3) is 0.833. The van der Waals surface area contributed by atoms with E-state index in [0.717, 1.165) is 51.4 Å². The van der Waals surface area contributed by atoms with Crippen LogP contribution in [-0.2, 0) is 48.9 Å². The number of carboxylic acids is 2. The molecule has 0 aromatic rings. The summed E-state index contributed by atoms with van der Waals surface area (Å²) < 4.78 is 71.4. The van der Waals surface area contributed by atoms with Crippen molar-refractivity contribution in [3.05, 3.63) is 0 Å². The van der Waals surface area contributed by atoms with Crippen molar-refractivity contribution in [2.75, 3.05) is 13.2 Å². The molecule has 4 N–H and O–H groups in total. The number of ether oxygens (including phenoxy) is 2. The van der Waals surface area contributed by atoms with Crippen molar-refractivity contribution >= 4 is 73.7 Å². The van der Waals surface area contributed by atoms with Gasteiger partial charge in [0.05, 0.1) is 26.1 Å². The van der Waals surface area contributed by atoms with Crippen molar-refractivity contribution in [3.63, 3.8) is 0 Å². The fourth-order valence-electron chi connectivity index (χ4n) is 3.32. The molecule has 0 aliphatic heterocycles. The molecule has 4 unspecified atom stereocenters. The molecular formula is C24H44NaO14S2. The minimum Gasteiger partial charge on any atom is -0.481 e. The number of carbonyl (C=O) groups excluding carboxylic acids is 2. The Labute approximate surface area is 264 Å². The Balaban J connectivity index is -0.000000688. The average molecular weight is 644 g/mol. The summed E-state index contributed by atoms with van der Waals surface area (Å²) in [6.07, 6.45) is 5.12. The molecule has 0 aromatic heterocycles. The van der Waals surface area contributed by atoms with E-state index in [-0.39, 0.29) is 54.6 Å². The molecule has 237 valence electrons. The topological polar surface area (TPSA) is 236 Å². The molecule has 17 heteroatoms. The van der Waals surface area contributed by atoms with Crippen molar-refractivity contribution < 1.29 is 64.8 Å². The average Bonchev–Trinajstić information content (AvgIpc) is 2.84. The largest absolute Gasteiger partial charge is 0.481 e. The molecule has 14 nitrogen and oxygen atoms in total. The first-order chi connectivity index (χ1) is 18.4. The second kappa shape index (κ2) is 23.2. The smallest absolute Gasteiger partial charge is 0.327 e. The standard InChI is InChI=1S/2C12H22O7S.Na/c2*1-3-5-6-9(4-2)8-19-12(15)10(7-11(13)14)20(16,17)18;/h2*9-10H,3-8H2,1-2H3,(H,13,14)(H,16,17,18);. The van der Waals surface area contributed by atoms with Crippen LogP contribution in [0.15, 0.2) is 0 Å². The third kappa shape index (κ3) is 22.0. The van der Waals surface area contributed by atoms with Crippen molar-refractivity contribution in [2.24, 2.45) is 11.8 Å². The Bertz CT molecular complexity index is 918. The molecule has 0 amide bonds. The van der Waals surface area contributed by atoms with Crippen LogP contribution in [0.25, 0.3) is 0 Å². The quantitative estimate of drug-likeness (QED) is 0.0848. The first-order valence-electron chi connectivity index (χ1n) is 13.1. The van der Waals surface area contributed by atoms with Gasteiger partial charge >= 0.3 is 23.9 Å². The van der Waals surface area contributed by atoms with E-state index in [9.17, 15) is 36.0 Å². The molecule has 0 spiro atoms. The van der Waals surface area contributed by atoms with Crippen LogP contribution in [0.1, 0.15) is 91.9 Å². The van der Waals surface area contributed by atoms with Gasteiger partial charge in [-0.05, 0) is 24.7 Å². The number of aliphatic carboxylic acids is 2. The van der Waals surface area contributed by atoms with Gasteiger partial charge in [-0.2, -0.15) is 16.8 Å². The van der Waals surface area contributed by atoms with E-state index in [1.807, 2.05) is 27.7 Å². The van der Waals surface area contributed by atoms with Gasteiger partial charge in [0.1, 0.15) is 0 Å². The molecule has 0 heterocycles. The number of esters is 2. The molecule has 0 saturated heterocycles. The van der Waals surface area contributed by atoms with E-state index >= 15 is 0 Å². The zero-order valence-corrected chi connectivity index (χ0v) is 28.1.